The first-order valence-electron chi connectivity index (χ1n) is 6.82. The lowest BCUT2D eigenvalue weighted by atomic mass is 10.1. The Morgan fingerprint density at radius 3 is 3.00 bits per heavy atom. The van der Waals surface area contributed by atoms with Crippen molar-refractivity contribution >= 4 is 34.2 Å². The van der Waals surface area contributed by atoms with Gasteiger partial charge in [0, 0.05) is 22.5 Å². The van der Waals surface area contributed by atoms with Crippen LogP contribution >= 0.6 is 11.6 Å². The highest BCUT2D eigenvalue weighted by atomic mass is 35.5. The molecule has 0 aliphatic carbocycles. The largest absolute Gasteiger partial charge is 0.382 e. The molecule has 4 N–H and O–H groups in total. The summed E-state index contributed by atoms with van der Waals surface area (Å²) in [5.41, 5.74) is 9.07. The van der Waals surface area contributed by atoms with E-state index in [9.17, 15) is 4.79 Å². The second kappa shape index (κ2) is 5.69. The van der Waals surface area contributed by atoms with Crippen LogP contribution in [0, 0.1) is 6.92 Å². The summed E-state index contributed by atoms with van der Waals surface area (Å²) in [4.78, 5) is 12.3. The van der Waals surface area contributed by atoms with Crippen LogP contribution in [0.2, 0.25) is 5.02 Å². The van der Waals surface area contributed by atoms with E-state index < -0.39 is 0 Å². The summed E-state index contributed by atoms with van der Waals surface area (Å²) >= 11 is 6.08. The maximum Gasteiger partial charge on any atom is 0.251 e. The number of nitrogens with two attached hydrogens (primary N) is 1. The third-order valence-corrected chi connectivity index (χ3v) is 4.08. The van der Waals surface area contributed by atoms with Crippen LogP contribution in [0.5, 0.6) is 0 Å². The highest BCUT2D eigenvalue weighted by Gasteiger charge is 2.10. The predicted molar refractivity (Wildman–Crippen MR) is 87.9 cm³/mol. The molecule has 1 aromatic heterocycles. The van der Waals surface area contributed by atoms with Gasteiger partial charge in [0.1, 0.15) is 0 Å². The molecule has 1 heterocycles. The van der Waals surface area contributed by atoms with Crippen molar-refractivity contribution in [2.24, 2.45) is 0 Å². The van der Waals surface area contributed by atoms with E-state index in [0.29, 0.717) is 22.9 Å². The number of nitrogen functional groups attached to an aromatic ring is 1. The zero-order valence-corrected chi connectivity index (χ0v) is 12.7. The molecule has 0 saturated heterocycles. The second-order valence-electron chi connectivity index (χ2n) is 5.08. The fourth-order valence-corrected chi connectivity index (χ4v) is 2.49. The Labute approximate surface area is 132 Å². The lowest BCUT2D eigenvalue weighted by Crippen LogP contribution is -2.23. The number of carbonyl (C=O) groups is 1. The zero-order chi connectivity index (χ0) is 15.7. The lowest BCUT2D eigenvalue weighted by molar-refractivity contribution is 0.0951. The Bertz CT molecular complexity index is 856. The van der Waals surface area contributed by atoms with Gasteiger partial charge in [0.15, 0.2) is 5.82 Å². The number of carbonyl (C=O) groups excluding carboxylic acids is 1. The molecule has 0 aliphatic rings. The number of nitrogens with zero attached hydrogens (tertiary/aromatic N) is 1. The van der Waals surface area contributed by atoms with Crippen LogP contribution in [0.25, 0.3) is 10.9 Å². The molecule has 3 rings (SSSR count). The van der Waals surface area contributed by atoms with Crippen molar-refractivity contribution in [3.63, 3.8) is 0 Å². The number of benzene rings is 2. The Hall–Kier alpha value is -2.53. The third-order valence-electron chi connectivity index (χ3n) is 3.67. The van der Waals surface area contributed by atoms with E-state index >= 15 is 0 Å². The summed E-state index contributed by atoms with van der Waals surface area (Å²) in [7, 11) is 0. The van der Waals surface area contributed by atoms with Crippen molar-refractivity contribution in [3.8, 4) is 0 Å². The first-order valence-corrected chi connectivity index (χ1v) is 7.20. The maximum atomic E-state index is 12.3. The average molecular weight is 315 g/mol. The third kappa shape index (κ3) is 2.63. The van der Waals surface area contributed by atoms with Crippen LogP contribution < -0.4 is 11.1 Å². The number of aromatic amines is 1. The van der Waals surface area contributed by atoms with Gasteiger partial charge >= 0.3 is 0 Å². The number of aromatic nitrogens is 2. The Kier molecular flexibility index (Phi) is 3.73. The lowest BCUT2D eigenvalue weighted by Gasteiger charge is -2.09. The Balaban J connectivity index is 1.78. The van der Waals surface area contributed by atoms with Gasteiger partial charge in [-0.15, -0.1) is 0 Å². The second-order valence-corrected chi connectivity index (χ2v) is 5.48. The summed E-state index contributed by atoms with van der Waals surface area (Å²) in [6, 6.07) is 10.9. The molecule has 6 heteroatoms. The minimum absolute atomic E-state index is 0.165. The normalized spacial score (nSPS) is 10.8. The molecule has 0 radical (unpaired) electrons. The quantitative estimate of drug-likeness (QED) is 0.694. The monoisotopic (exact) mass is 314 g/mol. The highest BCUT2D eigenvalue weighted by molar-refractivity contribution is 6.31. The highest BCUT2D eigenvalue weighted by Crippen LogP contribution is 2.20. The first-order chi connectivity index (χ1) is 10.6. The van der Waals surface area contributed by atoms with Gasteiger partial charge in [-0.05, 0) is 42.3 Å². The Morgan fingerprint density at radius 2 is 2.18 bits per heavy atom. The summed E-state index contributed by atoms with van der Waals surface area (Å²) in [6.07, 6.45) is 0. The number of hydrogen-bond donors (Lipinski definition) is 3. The van der Waals surface area contributed by atoms with Gasteiger partial charge in [0.2, 0.25) is 0 Å². The molecular formula is C16H15ClN4O. The molecule has 0 saturated carbocycles. The fraction of sp³-hybridized carbons (Fsp3) is 0.125. The topological polar surface area (TPSA) is 83.8 Å². The van der Waals surface area contributed by atoms with E-state index in [4.69, 9.17) is 17.3 Å². The van der Waals surface area contributed by atoms with Crippen molar-refractivity contribution in [2.45, 2.75) is 13.5 Å². The molecular weight excluding hydrogens is 300 g/mol. The molecule has 2 aromatic carbocycles. The van der Waals surface area contributed by atoms with E-state index in [0.717, 1.165) is 22.0 Å². The van der Waals surface area contributed by atoms with Crippen LogP contribution in [-0.4, -0.2) is 16.1 Å². The van der Waals surface area contributed by atoms with Gasteiger partial charge in [0.25, 0.3) is 5.91 Å². The smallest absolute Gasteiger partial charge is 0.251 e. The molecule has 0 unspecified atom stereocenters. The molecule has 0 bridgehead atoms. The fourth-order valence-electron chi connectivity index (χ4n) is 2.30. The van der Waals surface area contributed by atoms with E-state index in [1.54, 1.807) is 18.2 Å². The summed E-state index contributed by atoms with van der Waals surface area (Å²) in [5, 5.41) is 11.0. The molecule has 0 fully saturated rings. The predicted octanol–water partition coefficient (Wildman–Crippen LogP) is 3.04. The van der Waals surface area contributed by atoms with E-state index in [2.05, 4.69) is 15.5 Å². The number of amides is 1. The number of anilines is 1. The molecule has 0 spiro atoms. The molecule has 1 amide bonds. The number of fused-ring (bicyclic) bond motifs is 1. The Morgan fingerprint density at radius 1 is 1.36 bits per heavy atom. The number of H-pyrrole nitrogens is 1. The van der Waals surface area contributed by atoms with Gasteiger partial charge in [0.05, 0.1) is 5.52 Å². The number of nitrogens with one attached hydrogen (secondary N) is 2. The number of hydrogen-bond acceptors (Lipinski definition) is 3. The van der Waals surface area contributed by atoms with Crippen molar-refractivity contribution in [1.29, 1.82) is 0 Å². The molecule has 5 nitrogen and oxygen atoms in total. The van der Waals surface area contributed by atoms with Gasteiger partial charge < -0.3 is 11.1 Å². The SMILES string of the molecule is Cc1c(Cl)cccc1CNC(=O)c1ccc2[nH]nc(N)c2c1. The van der Waals surface area contributed by atoms with Crippen LogP contribution in [0.15, 0.2) is 36.4 Å². The minimum atomic E-state index is -0.165. The minimum Gasteiger partial charge on any atom is -0.382 e. The molecule has 22 heavy (non-hydrogen) atoms. The molecule has 0 atom stereocenters. The van der Waals surface area contributed by atoms with E-state index in [-0.39, 0.29) is 5.91 Å². The first kappa shape index (κ1) is 14.4. The van der Waals surface area contributed by atoms with Gasteiger partial charge in [-0.1, -0.05) is 23.7 Å². The van der Waals surface area contributed by atoms with Crippen LogP contribution in [0.3, 0.4) is 0 Å². The standard InChI is InChI=1S/C16H15ClN4O/c1-9-11(3-2-4-13(9)17)8-19-16(22)10-5-6-14-12(7-10)15(18)21-20-14/h2-7H,8H2,1H3,(H,19,22)(H3,18,20,21). The summed E-state index contributed by atoms with van der Waals surface area (Å²) in [6.45, 7) is 2.35. The number of rotatable bonds is 3. The molecule has 112 valence electrons. The zero-order valence-electron chi connectivity index (χ0n) is 12.0. The van der Waals surface area contributed by atoms with Crippen molar-refractivity contribution < 1.29 is 4.79 Å². The van der Waals surface area contributed by atoms with E-state index in [1.165, 1.54) is 0 Å². The van der Waals surface area contributed by atoms with Gasteiger partial charge in [-0.2, -0.15) is 5.10 Å². The molecule has 0 aliphatic heterocycles. The van der Waals surface area contributed by atoms with Crippen LogP contribution in [0.4, 0.5) is 5.82 Å². The summed E-state index contributed by atoms with van der Waals surface area (Å²) < 4.78 is 0. The van der Waals surface area contributed by atoms with Crippen LogP contribution in [0.1, 0.15) is 21.5 Å². The van der Waals surface area contributed by atoms with E-state index in [1.807, 2.05) is 25.1 Å². The summed E-state index contributed by atoms with van der Waals surface area (Å²) in [5.74, 6) is 0.220. The van der Waals surface area contributed by atoms with Crippen molar-refractivity contribution in [1.82, 2.24) is 15.5 Å². The number of halogens is 1. The van der Waals surface area contributed by atoms with Gasteiger partial charge in [-0.25, -0.2) is 0 Å². The van der Waals surface area contributed by atoms with Gasteiger partial charge in [-0.3, -0.25) is 9.89 Å². The average Bonchev–Trinajstić information content (AvgIpc) is 2.89. The van der Waals surface area contributed by atoms with Crippen molar-refractivity contribution in [2.75, 3.05) is 5.73 Å². The van der Waals surface area contributed by atoms with Crippen molar-refractivity contribution in [3.05, 3.63) is 58.1 Å². The van der Waals surface area contributed by atoms with Crippen LogP contribution in [-0.2, 0) is 6.54 Å². The maximum absolute atomic E-state index is 12.3. The molecule has 3 aromatic rings.